The highest BCUT2D eigenvalue weighted by atomic mass is 79.9. The molecule has 0 atom stereocenters. The molecule has 2 heterocycles. The van der Waals surface area contributed by atoms with Gasteiger partial charge in [0.15, 0.2) is 0 Å². The van der Waals surface area contributed by atoms with Crippen LogP contribution in [0.2, 0.25) is 5.02 Å². The van der Waals surface area contributed by atoms with Crippen molar-refractivity contribution >= 4 is 33.4 Å². The number of nitrogens with zero attached hydrogens (tertiary/aromatic N) is 2. The average molecular weight is 290 g/mol. The first kappa shape index (κ1) is 10.9. The third-order valence-electron chi connectivity index (χ3n) is 2.03. The minimum Gasteiger partial charge on any atom is -0.475 e. The van der Waals surface area contributed by atoms with Crippen LogP contribution in [0.25, 0.3) is 0 Å². The fraction of sp³-hybridized carbons (Fsp3) is 0.400. The first-order chi connectivity index (χ1) is 6.99. The minimum atomic E-state index is -0.180. The molecule has 0 spiro atoms. The summed E-state index contributed by atoms with van der Waals surface area (Å²) in [6, 6.07) is 0. The number of hydrogen-bond donors (Lipinski definition) is 0. The van der Waals surface area contributed by atoms with E-state index in [1.807, 2.05) is 13.8 Å². The summed E-state index contributed by atoms with van der Waals surface area (Å²) in [5.74, 6) is 0.568. The Morgan fingerprint density at radius 1 is 1.47 bits per heavy atom. The van der Waals surface area contributed by atoms with Crippen LogP contribution in [0.1, 0.15) is 19.4 Å². The van der Waals surface area contributed by atoms with Gasteiger partial charge in [0, 0.05) is 12.4 Å². The first-order valence-electron chi connectivity index (χ1n) is 4.52. The lowest BCUT2D eigenvalue weighted by atomic mass is 10.1. The first-order valence-corrected chi connectivity index (χ1v) is 5.69. The van der Waals surface area contributed by atoms with Gasteiger partial charge in [-0.25, -0.2) is 4.99 Å². The maximum absolute atomic E-state index is 6.12. The second-order valence-corrected chi connectivity index (χ2v) is 5.23. The molecule has 0 fully saturated rings. The summed E-state index contributed by atoms with van der Waals surface area (Å²) in [7, 11) is 0. The highest BCUT2D eigenvalue weighted by Gasteiger charge is 2.28. The van der Waals surface area contributed by atoms with Crippen molar-refractivity contribution in [3.8, 4) is 0 Å². The zero-order valence-electron chi connectivity index (χ0n) is 8.42. The Hall–Kier alpha value is -0.610. The Balaban J connectivity index is 2.44. The van der Waals surface area contributed by atoms with Gasteiger partial charge in [0.2, 0.25) is 5.90 Å². The number of aliphatic imine (C=N–C) groups is 1. The molecule has 0 radical (unpaired) electrons. The van der Waals surface area contributed by atoms with Crippen molar-refractivity contribution in [1.29, 1.82) is 0 Å². The molecule has 0 unspecified atom stereocenters. The van der Waals surface area contributed by atoms with E-state index >= 15 is 0 Å². The van der Waals surface area contributed by atoms with E-state index in [9.17, 15) is 0 Å². The lowest BCUT2D eigenvalue weighted by Crippen LogP contribution is -2.17. The molecule has 0 aliphatic carbocycles. The average Bonchev–Trinajstić information content (AvgIpc) is 2.51. The number of aromatic nitrogens is 1. The summed E-state index contributed by atoms with van der Waals surface area (Å²) >= 11 is 9.44. The van der Waals surface area contributed by atoms with Crippen LogP contribution in [-0.2, 0) is 4.74 Å². The van der Waals surface area contributed by atoms with Crippen molar-refractivity contribution in [3.05, 3.63) is 27.5 Å². The summed E-state index contributed by atoms with van der Waals surface area (Å²) < 4.78 is 6.24. The van der Waals surface area contributed by atoms with E-state index < -0.39 is 0 Å². The topological polar surface area (TPSA) is 34.5 Å². The summed E-state index contributed by atoms with van der Waals surface area (Å²) in [4.78, 5) is 8.49. The fourth-order valence-corrected chi connectivity index (χ4v) is 1.80. The van der Waals surface area contributed by atoms with Crippen molar-refractivity contribution in [1.82, 2.24) is 4.98 Å². The van der Waals surface area contributed by atoms with Crippen LogP contribution in [0.3, 0.4) is 0 Å². The predicted octanol–water partition coefficient (Wildman–Crippen LogP) is 3.05. The number of ether oxygens (including phenoxy) is 1. The van der Waals surface area contributed by atoms with Gasteiger partial charge in [0.05, 0.1) is 20.6 Å². The number of hydrogen-bond acceptors (Lipinski definition) is 3. The van der Waals surface area contributed by atoms with Gasteiger partial charge >= 0.3 is 0 Å². The second kappa shape index (κ2) is 3.76. The molecule has 5 heteroatoms. The van der Waals surface area contributed by atoms with Gasteiger partial charge < -0.3 is 4.74 Å². The second-order valence-electron chi connectivity index (χ2n) is 4.00. The Morgan fingerprint density at radius 2 is 2.20 bits per heavy atom. The Kier molecular flexibility index (Phi) is 2.73. The van der Waals surface area contributed by atoms with Crippen LogP contribution in [0, 0.1) is 0 Å². The normalized spacial score (nSPS) is 18.5. The van der Waals surface area contributed by atoms with E-state index in [-0.39, 0.29) is 5.54 Å². The number of halogens is 2. The third kappa shape index (κ3) is 2.16. The van der Waals surface area contributed by atoms with Gasteiger partial charge in [0.1, 0.15) is 6.61 Å². The molecular weight excluding hydrogens is 279 g/mol. The molecule has 1 aromatic heterocycles. The maximum atomic E-state index is 6.12. The standard InChI is InChI=1S/C10H10BrClN2O/c1-10(2)5-15-9(14-10)6-3-13-4-7(11)8(6)12/h3-4H,5H2,1-2H3. The van der Waals surface area contributed by atoms with Crippen molar-refractivity contribution in [2.24, 2.45) is 4.99 Å². The predicted molar refractivity (Wildman–Crippen MR) is 63.5 cm³/mol. The summed E-state index contributed by atoms with van der Waals surface area (Å²) in [5.41, 5.74) is 0.553. The van der Waals surface area contributed by atoms with Gasteiger partial charge in [0.25, 0.3) is 0 Å². The molecule has 0 saturated carbocycles. The quantitative estimate of drug-likeness (QED) is 0.796. The highest BCUT2D eigenvalue weighted by Crippen LogP contribution is 2.29. The van der Waals surface area contributed by atoms with E-state index in [1.165, 1.54) is 0 Å². The number of rotatable bonds is 1. The fourth-order valence-electron chi connectivity index (χ4n) is 1.29. The van der Waals surface area contributed by atoms with Gasteiger partial charge in [-0.3, -0.25) is 4.98 Å². The van der Waals surface area contributed by atoms with Crippen LogP contribution < -0.4 is 0 Å². The van der Waals surface area contributed by atoms with E-state index in [2.05, 4.69) is 25.9 Å². The van der Waals surface area contributed by atoms with Crippen LogP contribution in [0.5, 0.6) is 0 Å². The maximum Gasteiger partial charge on any atom is 0.219 e. The SMILES string of the molecule is CC1(C)COC(c2cncc(Br)c2Cl)=N1. The van der Waals surface area contributed by atoms with Gasteiger partial charge in [-0.15, -0.1) is 0 Å². The smallest absolute Gasteiger partial charge is 0.219 e. The highest BCUT2D eigenvalue weighted by molar-refractivity contribution is 9.10. The molecule has 80 valence electrons. The molecule has 15 heavy (non-hydrogen) atoms. The molecule has 0 amide bonds. The van der Waals surface area contributed by atoms with E-state index in [0.29, 0.717) is 17.5 Å². The van der Waals surface area contributed by atoms with Crippen LogP contribution in [-0.4, -0.2) is 23.0 Å². The zero-order valence-corrected chi connectivity index (χ0v) is 10.8. The molecule has 0 saturated heterocycles. The van der Waals surface area contributed by atoms with Crippen molar-refractivity contribution in [3.63, 3.8) is 0 Å². The van der Waals surface area contributed by atoms with Crippen molar-refractivity contribution < 1.29 is 4.74 Å². The van der Waals surface area contributed by atoms with E-state index in [0.717, 1.165) is 10.0 Å². The summed E-state index contributed by atoms with van der Waals surface area (Å²) in [6.45, 7) is 4.60. The molecule has 0 aromatic carbocycles. The monoisotopic (exact) mass is 288 g/mol. The van der Waals surface area contributed by atoms with E-state index in [4.69, 9.17) is 16.3 Å². The molecule has 1 aliphatic heterocycles. The van der Waals surface area contributed by atoms with Crippen molar-refractivity contribution in [2.75, 3.05) is 6.61 Å². The molecular formula is C10H10BrClN2O. The largest absolute Gasteiger partial charge is 0.475 e. The third-order valence-corrected chi connectivity index (χ3v) is 3.27. The van der Waals surface area contributed by atoms with Crippen LogP contribution in [0.4, 0.5) is 0 Å². The molecule has 1 aliphatic rings. The Bertz CT molecular complexity index is 431. The van der Waals surface area contributed by atoms with Crippen molar-refractivity contribution in [2.45, 2.75) is 19.4 Å². The molecule has 3 nitrogen and oxygen atoms in total. The lowest BCUT2D eigenvalue weighted by molar-refractivity contribution is 0.279. The Morgan fingerprint density at radius 3 is 2.80 bits per heavy atom. The van der Waals surface area contributed by atoms with Crippen LogP contribution in [0.15, 0.2) is 21.9 Å². The molecule has 2 rings (SSSR count). The van der Waals surface area contributed by atoms with Crippen LogP contribution >= 0.6 is 27.5 Å². The lowest BCUT2D eigenvalue weighted by Gasteiger charge is -2.07. The minimum absolute atomic E-state index is 0.180. The van der Waals surface area contributed by atoms with Gasteiger partial charge in [-0.05, 0) is 29.8 Å². The molecule has 0 N–H and O–H groups in total. The summed E-state index contributed by atoms with van der Waals surface area (Å²) in [5, 5.41) is 0.585. The zero-order chi connectivity index (χ0) is 11.1. The van der Waals surface area contributed by atoms with E-state index in [1.54, 1.807) is 12.4 Å². The summed E-state index contributed by atoms with van der Waals surface area (Å²) in [6.07, 6.45) is 3.31. The number of pyridine rings is 1. The van der Waals surface area contributed by atoms with Gasteiger partial charge in [-0.1, -0.05) is 11.6 Å². The Labute approximate surface area is 102 Å². The molecule has 1 aromatic rings. The van der Waals surface area contributed by atoms with Gasteiger partial charge in [-0.2, -0.15) is 0 Å². The molecule has 0 bridgehead atoms.